The molecule has 0 aliphatic carbocycles. The van der Waals surface area contributed by atoms with Crippen molar-refractivity contribution in [1.82, 2.24) is 10.2 Å². The number of amides is 1. The Bertz CT molecular complexity index is 1150. The molecule has 3 aromatic rings. The van der Waals surface area contributed by atoms with Crippen LogP contribution in [0.3, 0.4) is 0 Å². The molecule has 174 valence electrons. The number of methoxy groups -OCH3 is 1. The third kappa shape index (κ3) is 5.75. The SMILES string of the molecule is COc1ccc(C(CNC(=O)c2cccc(OCc3ccccc3C#N)c2)N2CCCC2)cc1. The van der Waals surface area contributed by atoms with E-state index >= 15 is 0 Å². The third-order valence-electron chi connectivity index (χ3n) is 6.17. The smallest absolute Gasteiger partial charge is 0.251 e. The molecule has 0 aromatic heterocycles. The van der Waals surface area contributed by atoms with Crippen LogP contribution in [0, 0.1) is 11.3 Å². The van der Waals surface area contributed by atoms with Crippen molar-refractivity contribution < 1.29 is 14.3 Å². The predicted molar refractivity (Wildman–Crippen MR) is 131 cm³/mol. The van der Waals surface area contributed by atoms with E-state index in [1.54, 1.807) is 25.3 Å². The summed E-state index contributed by atoms with van der Waals surface area (Å²) in [4.78, 5) is 15.4. The maximum Gasteiger partial charge on any atom is 0.251 e. The molecule has 3 aromatic carbocycles. The molecule has 1 aliphatic rings. The van der Waals surface area contributed by atoms with E-state index in [-0.39, 0.29) is 18.6 Å². The first-order valence-electron chi connectivity index (χ1n) is 11.5. The van der Waals surface area contributed by atoms with Gasteiger partial charge in [-0.2, -0.15) is 5.26 Å². The van der Waals surface area contributed by atoms with Gasteiger partial charge in [0, 0.05) is 17.7 Å². The number of carbonyl (C=O) groups excluding carboxylic acids is 1. The van der Waals surface area contributed by atoms with E-state index in [0.717, 1.165) is 30.0 Å². The normalized spacial score (nSPS) is 14.2. The van der Waals surface area contributed by atoms with Gasteiger partial charge in [0.05, 0.1) is 24.8 Å². The molecule has 1 amide bonds. The minimum absolute atomic E-state index is 0.110. The number of ether oxygens (including phenoxy) is 2. The zero-order chi connectivity index (χ0) is 23.8. The van der Waals surface area contributed by atoms with Crippen LogP contribution < -0.4 is 14.8 Å². The molecule has 1 fully saturated rings. The number of hydrogen-bond acceptors (Lipinski definition) is 5. The molecule has 1 atom stereocenters. The standard InChI is InChI=1S/C28H29N3O3/c1-33-25-13-11-21(12-14-25)27(31-15-4-5-16-31)19-30-28(32)22-9-6-10-26(17-22)34-20-24-8-3-2-7-23(24)18-29/h2-3,6-14,17,27H,4-5,15-16,19-20H2,1H3,(H,30,32). The van der Waals surface area contributed by atoms with E-state index in [2.05, 4.69) is 28.4 Å². The molecule has 0 spiro atoms. The number of nitrogens with zero attached hydrogens (tertiary/aromatic N) is 2. The first-order chi connectivity index (χ1) is 16.7. The van der Waals surface area contributed by atoms with E-state index in [1.807, 2.05) is 42.5 Å². The van der Waals surface area contributed by atoms with Crippen molar-refractivity contribution in [1.29, 1.82) is 5.26 Å². The summed E-state index contributed by atoms with van der Waals surface area (Å²) in [7, 11) is 1.66. The van der Waals surface area contributed by atoms with Crippen LogP contribution in [0.4, 0.5) is 0 Å². The molecule has 1 heterocycles. The fourth-order valence-corrected chi connectivity index (χ4v) is 4.27. The Balaban J connectivity index is 1.41. The second-order valence-corrected chi connectivity index (χ2v) is 8.33. The second kappa shape index (κ2) is 11.4. The minimum atomic E-state index is -0.138. The van der Waals surface area contributed by atoms with E-state index in [9.17, 15) is 10.1 Å². The van der Waals surface area contributed by atoms with Gasteiger partial charge in [-0.25, -0.2) is 0 Å². The van der Waals surface area contributed by atoms with Crippen molar-refractivity contribution in [3.63, 3.8) is 0 Å². The van der Waals surface area contributed by atoms with Crippen LogP contribution in [0.1, 0.15) is 45.9 Å². The Morgan fingerprint density at radius 2 is 1.79 bits per heavy atom. The maximum atomic E-state index is 13.0. The van der Waals surface area contributed by atoms with Crippen molar-refractivity contribution in [2.75, 3.05) is 26.7 Å². The summed E-state index contributed by atoms with van der Waals surface area (Å²) in [5, 5.41) is 12.4. The summed E-state index contributed by atoms with van der Waals surface area (Å²) < 4.78 is 11.2. The first-order valence-corrected chi connectivity index (χ1v) is 11.5. The van der Waals surface area contributed by atoms with E-state index in [1.165, 1.54) is 12.8 Å². The van der Waals surface area contributed by atoms with Gasteiger partial charge in [-0.3, -0.25) is 9.69 Å². The average Bonchev–Trinajstić information content (AvgIpc) is 3.43. The van der Waals surface area contributed by atoms with E-state index in [4.69, 9.17) is 9.47 Å². The molecule has 1 saturated heterocycles. The molecule has 34 heavy (non-hydrogen) atoms. The zero-order valence-corrected chi connectivity index (χ0v) is 19.4. The molecule has 0 saturated carbocycles. The summed E-state index contributed by atoms with van der Waals surface area (Å²) in [6.07, 6.45) is 2.35. The maximum absolute atomic E-state index is 13.0. The molecule has 6 heteroatoms. The van der Waals surface area contributed by atoms with Crippen molar-refractivity contribution in [3.05, 3.63) is 95.1 Å². The van der Waals surface area contributed by atoms with Gasteiger partial charge in [0.25, 0.3) is 5.91 Å². The molecule has 0 radical (unpaired) electrons. The quantitative estimate of drug-likeness (QED) is 0.506. The van der Waals surface area contributed by atoms with Gasteiger partial charge in [0.1, 0.15) is 18.1 Å². The first kappa shape index (κ1) is 23.3. The summed E-state index contributed by atoms with van der Waals surface area (Å²) in [5.74, 6) is 1.27. The highest BCUT2D eigenvalue weighted by Crippen LogP contribution is 2.26. The molecule has 0 bridgehead atoms. The van der Waals surface area contributed by atoms with Crippen molar-refractivity contribution in [2.45, 2.75) is 25.5 Å². The van der Waals surface area contributed by atoms with Crippen LogP contribution in [-0.4, -0.2) is 37.6 Å². The molecule has 6 nitrogen and oxygen atoms in total. The monoisotopic (exact) mass is 455 g/mol. The number of carbonyl (C=O) groups is 1. The van der Waals surface area contributed by atoms with Crippen LogP contribution >= 0.6 is 0 Å². The van der Waals surface area contributed by atoms with E-state index < -0.39 is 0 Å². The van der Waals surface area contributed by atoms with E-state index in [0.29, 0.717) is 23.4 Å². The Kier molecular flexibility index (Phi) is 7.79. The van der Waals surface area contributed by atoms with Gasteiger partial charge in [-0.1, -0.05) is 36.4 Å². The average molecular weight is 456 g/mol. The largest absolute Gasteiger partial charge is 0.497 e. The predicted octanol–water partition coefficient (Wildman–Crippen LogP) is 4.71. The zero-order valence-electron chi connectivity index (χ0n) is 19.4. The van der Waals surface area contributed by atoms with Gasteiger partial charge in [-0.15, -0.1) is 0 Å². The Hall–Kier alpha value is -3.82. The minimum Gasteiger partial charge on any atom is -0.497 e. The fraction of sp³-hybridized carbons (Fsp3) is 0.286. The lowest BCUT2D eigenvalue weighted by molar-refractivity contribution is 0.0937. The van der Waals surface area contributed by atoms with Gasteiger partial charge in [-0.05, 0) is 67.9 Å². The van der Waals surface area contributed by atoms with Crippen molar-refractivity contribution >= 4 is 5.91 Å². The van der Waals surface area contributed by atoms with Crippen LogP contribution in [0.2, 0.25) is 0 Å². The van der Waals surface area contributed by atoms with Gasteiger partial charge in [0.2, 0.25) is 0 Å². The van der Waals surface area contributed by atoms with Gasteiger partial charge >= 0.3 is 0 Å². The Morgan fingerprint density at radius 1 is 1.03 bits per heavy atom. The number of likely N-dealkylation sites (tertiary alicyclic amines) is 1. The number of hydrogen-bond donors (Lipinski definition) is 1. The van der Waals surface area contributed by atoms with Crippen LogP contribution in [0.5, 0.6) is 11.5 Å². The lowest BCUT2D eigenvalue weighted by atomic mass is 10.0. The number of rotatable bonds is 9. The molecular formula is C28H29N3O3. The summed E-state index contributed by atoms with van der Waals surface area (Å²) >= 11 is 0. The molecule has 4 rings (SSSR count). The van der Waals surface area contributed by atoms with Crippen LogP contribution in [0.15, 0.2) is 72.8 Å². The highest BCUT2D eigenvalue weighted by molar-refractivity contribution is 5.94. The van der Waals surface area contributed by atoms with Crippen LogP contribution in [-0.2, 0) is 6.61 Å². The van der Waals surface area contributed by atoms with Crippen molar-refractivity contribution in [3.8, 4) is 17.6 Å². The Labute approximate surface area is 200 Å². The summed E-state index contributed by atoms with van der Waals surface area (Å²) in [6, 6.07) is 24.8. The molecular weight excluding hydrogens is 426 g/mol. The number of nitriles is 1. The highest BCUT2D eigenvalue weighted by atomic mass is 16.5. The summed E-state index contributed by atoms with van der Waals surface area (Å²) in [5.41, 5.74) is 3.10. The highest BCUT2D eigenvalue weighted by Gasteiger charge is 2.24. The second-order valence-electron chi connectivity index (χ2n) is 8.33. The van der Waals surface area contributed by atoms with Gasteiger partial charge in [0.15, 0.2) is 0 Å². The van der Waals surface area contributed by atoms with Crippen molar-refractivity contribution in [2.24, 2.45) is 0 Å². The topological polar surface area (TPSA) is 74.6 Å². The molecule has 1 aliphatic heterocycles. The molecule has 1 N–H and O–H groups in total. The molecule has 1 unspecified atom stereocenters. The van der Waals surface area contributed by atoms with Crippen LogP contribution in [0.25, 0.3) is 0 Å². The summed E-state index contributed by atoms with van der Waals surface area (Å²) in [6.45, 7) is 2.84. The number of benzene rings is 3. The number of nitrogens with one attached hydrogen (secondary N) is 1. The Morgan fingerprint density at radius 3 is 2.53 bits per heavy atom. The lowest BCUT2D eigenvalue weighted by Gasteiger charge is -2.28. The lowest BCUT2D eigenvalue weighted by Crippen LogP contribution is -2.36. The fourth-order valence-electron chi connectivity index (χ4n) is 4.27. The third-order valence-corrected chi connectivity index (χ3v) is 6.17. The van der Waals surface area contributed by atoms with Gasteiger partial charge < -0.3 is 14.8 Å².